The zero-order chi connectivity index (χ0) is 20.5. The van der Waals surface area contributed by atoms with Crippen molar-refractivity contribution in [3.63, 3.8) is 0 Å². The van der Waals surface area contributed by atoms with Crippen LogP contribution in [0.3, 0.4) is 0 Å². The molecular formula is C30H22. The van der Waals surface area contributed by atoms with E-state index in [1.54, 1.807) is 0 Å². The third kappa shape index (κ3) is 3.15. The van der Waals surface area contributed by atoms with Gasteiger partial charge >= 0.3 is 0 Å². The van der Waals surface area contributed by atoms with Gasteiger partial charge in [0, 0.05) is 0 Å². The van der Waals surface area contributed by atoms with Crippen molar-refractivity contribution in [2.24, 2.45) is 0 Å². The van der Waals surface area contributed by atoms with Gasteiger partial charge in [0.1, 0.15) is 0 Å². The molecule has 0 bridgehead atoms. The predicted octanol–water partition coefficient (Wildman–Crippen LogP) is 7.30. The Labute approximate surface area is 178 Å². The molecule has 1 aliphatic rings. The Kier molecular flexibility index (Phi) is 4.58. The Morgan fingerprint density at radius 1 is 0.767 bits per heavy atom. The van der Waals surface area contributed by atoms with Gasteiger partial charge in [0.25, 0.3) is 0 Å². The normalized spacial score (nSPS) is 12.2. The molecule has 0 unspecified atom stereocenters. The van der Waals surface area contributed by atoms with Crippen molar-refractivity contribution >= 4 is 5.57 Å². The summed E-state index contributed by atoms with van der Waals surface area (Å²) < 4.78 is 0. The van der Waals surface area contributed by atoms with Gasteiger partial charge in [-0.25, -0.2) is 0 Å². The first-order valence-corrected chi connectivity index (χ1v) is 10.3. The van der Waals surface area contributed by atoms with Crippen molar-refractivity contribution in [1.29, 1.82) is 0 Å². The van der Waals surface area contributed by atoms with E-state index >= 15 is 0 Å². The van der Waals surface area contributed by atoms with Crippen LogP contribution in [0, 0.1) is 19.3 Å². The number of terminal acetylenes is 1. The fraction of sp³-hybridized carbons (Fsp3) is 0.0667. The van der Waals surface area contributed by atoms with E-state index in [0.717, 1.165) is 17.6 Å². The quantitative estimate of drug-likeness (QED) is 0.287. The molecule has 5 rings (SSSR count). The molecule has 4 aromatic rings. The Morgan fingerprint density at radius 3 is 2.17 bits per heavy atom. The second-order valence-electron chi connectivity index (χ2n) is 7.83. The van der Waals surface area contributed by atoms with Gasteiger partial charge < -0.3 is 0 Å². The molecule has 142 valence electrons. The Balaban J connectivity index is 1.56. The lowest BCUT2D eigenvalue weighted by Gasteiger charge is -2.13. The van der Waals surface area contributed by atoms with Gasteiger partial charge in [-0.2, -0.15) is 0 Å². The molecular weight excluding hydrogens is 360 g/mol. The smallest absolute Gasteiger partial charge is 0.000728 e. The molecule has 0 spiro atoms. The van der Waals surface area contributed by atoms with Crippen LogP contribution in [0.1, 0.15) is 27.8 Å². The van der Waals surface area contributed by atoms with Gasteiger partial charge in [-0.3, -0.25) is 0 Å². The minimum atomic E-state index is 0.949. The molecule has 0 aliphatic heterocycles. The van der Waals surface area contributed by atoms with Gasteiger partial charge in [-0.15, -0.1) is 6.42 Å². The van der Waals surface area contributed by atoms with E-state index in [1.807, 2.05) is 6.08 Å². The zero-order valence-electron chi connectivity index (χ0n) is 17.0. The van der Waals surface area contributed by atoms with E-state index in [-0.39, 0.29) is 0 Å². The molecule has 0 heterocycles. The second-order valence-corrected chi connectivity index (χ2v) is 7.83. The van der Waals surface area contributed by atoms with E-state index in [1.165, 1.54) is 44.5 Å². The fourth-order valence-electron chi connectivity index (χ4n) is 4.40. The van der Waals surface area contributed by atoms with Gasteiger partial charge in [-0.05, 0) is 69.5 Å². The SMILES string of the molecule is C#C/C=C(/c1ccc(-c2ccc(C)cc2)cc1)c1cccc2c1Cc1ccccc1-2. The Morgan fingerprint density at radius 2 is 1.43 bits per heavy atom. The summed E-state index contributed by atoms with van der Waals surface area (Å²) in [7, 11) is 0. The van der Waals surface area contributed by atoms with Crippen LogP contribution in [-0.4, -0.2) is 0 Å². The lowest BCUT2D eigenvalue weighted by atomic mass is 9.90. The molecule has 1 aliphatic carbocycles. The first kappa shape index (κ1) is 18.2. The highest BCUT2D eigenvalue weighted by Gasteiger charge is 2.22. The van der Waals surface area contributed by atoms with E-state index in [2.05, 4.69) is 104 Å². The minimum Gasteiger partial charge on any atom is -0.115 e. The highest BCUT2D eigenvalue weighted by Crippen LogP contribution is 2.41. The highest BCUT2D eigenvalue weighted by atomic mass is 14.3. The molecule has 0 N–H and O–H groups in total. The lowest BCUT2D eigenvalue weighted by molar-refractivity contribution is 1.25. The largest absolute Gasteiger partial charge is 0.115 e. The van der Waals surface area contributed by atoms with Crippen LogP contribution in [0.4, 0.5) is 0 Å². The number of benzene rings is 4. The molecule has 0 nitrogen and oxygen atoms in total. The van der Waals surface area contributed by atoms with Crippen molar-refractivity contribution < 1.29 is 0 Å². The standard InChI is InChI=1S/C30H22/c1-3-7-26(24-18-16-23(17-19-24)22-14-12-21(2)13-15-22)28-10-6-11-29-27-9-5-4-8-25(27)20-30(28)29/h1,4-19H,20H2,2H3/b26-7-. The van der Waals surface area contributed by atoms with Crippen molar-refractivity contribution in [3.8, 4) is 34.6 Å². The number of allylic oxidation sites excluding steroid dienone is 1. The summed E-state index contributed by atoms with van der Waals surface area (Å²) in [5, 5.41) is 0. The summed E-state index contributed by atoms with van der Waals surface area (Å²) in [4.78, 5) is 0. The molecule has 0 atom stereocenters. The summed E-state index contributed by atoms with van der Waals surface area (Å²) in [5.74, 6) is 2.77. The molecule has 0 saturated carbocycles. The number of rotatable bonds is 3. The summed E-state index contributed by atoms with van der Waals surface area (Å²) in [6.45, 7) is 2.11. The molecule has 0 saturated heterocycles. The topological polar surface area (TPSA) is 0 Å². The van der Waals surface area contributed by atoms with Crippen molar-refractivity contribution in [2.75, 3.05) is 0 Å². The average molecular weight is 383 g/mol. The van der Waals surface area contributed by atoms with Crippen LogP contribution in [0.5, 0.6) is 0 Å². The lowest BCUT2D eigenvalue weighted by Crippen LogP contribution is -1.95. The van der Waals surface area contributed by atoms with Crippen LogP contribution >= 0.6 is 0 Å². The maximum Gasteiger partial charge on any atom is -0.000728 e. The number of fused-ring (bicyclic) bond motifs is 3. The molecule has 0 heteroatoms. The molecule has 0 radical (unpaired) electrons. The molecule has 0 amide bonds. The van der Waals surface area contributed by atoms with Gasteiger partial charge in [0.2, 0.25) is 0 Å². The number of aryl methyl sites for hydroxylation is 1. The third-order valence-corrected chi connectivity index (χ3v) is 5.95. The minimum absolute atomic E-state index is 0.949. The van der Waals surface area contributed by atoms with E-state index in [9.17, 15) is 0 Å². The maximum absolute atomic E-state index is 5.74. The molecule has 0 fully saturated rings. The van der Waals surface area contributed by atoms with Gasteiger partial charge in [0.05, 0.1) is 0 Å². The second kappa shape index (κ2) is 7.54. The van der Waals surface area contributed by atoms with Gasteiger partial charge in [0.15, 0.2) is 0 Å². The van der Waals surface area contributed by atoms with Gasteiger partial charge in [-0.1, -0.05) is 102 Å². The number of hydrogen-bond donors (Lipinski definition) is 0. The van der Waals surface area contributed by atoms with E-state index < -0.39 is 0 Å². The Bertz CT molecular complexity index is 1290. The first-order chi connectivity index (χ1) is 14.7. The van der Waals surface area contributed by atoms with Crippen LogP contribution in [0.25, 0.3) is 27.8 Å². The summed E-state index contributed by atoms with van der Waals surface area (Å²) in [6.07, 6.45) is 8.59. The van der Waals surface area contributed by atoms with Crippen molar-refractivity contribution in [1.82, 2.24) is 0 Å². The maximum atomic E-state index is 5.74. The van der Waals surface area contributed by atoms with E-state index in [0.29, 0.717) is 0 Å². The monoisotopic (exact) mass is 382 g/mol. The Hall–Kier alpha value is -3.82. The van der Waals surface area contributed by atoms with Crippen LogP contribution in [0.15, 0.2) is 97.1 Å². The van der Waals surface area contributed by atoms with E-state index in [4.69, 9.17) is 6.42 Å². The summed E-state index contributed by atoms with van der Waals surface area (Å²) in [6, 6.07) is 32.6. The fourth-order valence-corrected chi connectivity index (χ4v) is 4.40. The van der Waals surface area contributed by atoms with Crippen LogP contribution in [-0.2, 0) is 6.42 Å². The summed E-state index contributed by atoms with van der Waals surface area (Å²) >= 11 is 0. The number of hydrogen-bond acceptors (Lipinski definition) is 0. The molecule has 0 aromatic heterocycles. The average Bonchev–Trinajstić information content (AvgIpc) is 3.17. The zero-order valence-corrected chi connectivity index (χ0v) is 17.0. The first-order valence-electron chi connectivity index (χ1n) is 10.3. The van der Waals surface area contributed by atoms with Crippen molar-refractivity contribution in [3.05, 3.63) is 125 Å². The van der Waals surface area contributed by atoms with Crippen molar-refractivity contribution in [2.45, 2.75) is 13.3 Å². The molecule has 4 aromatic carbocycles. The van der Waals surface area contributed by atoms with Crippen LogP contribution < -0.4 is 0 Å². The summed E-state index contributed by atoms with van der Waals surface area (Å²) in [5.41, 5.74) is 12.6. The molecule has 30 heavy (non-hydrogen) atoms. The van der Waals surface area contributed by atoms with Crippen LogP contribution in [0.2, 0.25) is 0 Å². The predicted molar refractivity (Wildman–Crippen MR) is 127 cm³/mol. The third-order valence-electron chi connectivity index (χ3n) is 5.95. The highest BCUT2D eigenvalue weighted by molar-refractivity contribution is 5.89.